The summed E-state index contributed by atoms with van der Waals surface area (Å²) in [7, 11) is 0. The Morgan fingerprint density at radius 2 is 2.05 bits per heavy atom. The van der Waals surface area contributed by atoms with Crippen molar-refractivity contribution in [3.63, 3.8) is 0 Å². The van der Waals surface area contributed by atoms with Crippen molar-refractivity contribution in [1.29, 1.82) is 0 Å². The third-order valence-corrected chi connectivity index (χ3v) is 2.26. The molecule has 2 heterocycles. The summed E-state index contributed by atoms with van der Waals surface area (Å²) in [6.07, 6.45) is 5.42. The smallest absolute Gasteiger partial charge is 0.490 e. The molecule has 0 spiro atoms. The molecule has 4 nitrogen and oxygen atoms in total. The van der Waals surface area contributed by atoms with Crippen LogP contribution in [-0.4, -0.2) is 28.3 Å². The molecule has 9 heteroatoms. The predicted molar refractivity (Wildman–Crippen MR) is 60.7 cm³/mol. The first-order valence-corrected chi connectivity index (χ1v) is 5.31. The average molecular weight is 295 g/mol. The third-order valence-electron chi connectivity index (χ3n) is 2.26. The first kappa shape index (κ1) is 16.7. The van der Waals surface area contributed by atoms with Crippen LogP contribution in [0.25, 0.3) is 0 Å². The van der Waals surface area contributed by atoms with Crippen molar-refractivity contribution in [1.82, 2.24) is 14.8 Å². The van der Waals surface area contributed by atoms with Gasteiger partial charge in [-0.15, -0.1) is 0 Å². The first-order valence-electron chi connectivity index (χ1n) is 5.31. The number of hydrogen-bond acceptors (Lipinski definition) is 3. The normalized spacial score (nSPS) is 10.9. The van der Waals surface area contributed by atoms with Crippen molar-refractivity contribution < 1.29 is 69.1 Å². The van der Waals surface area contributed by atoms with Gasteiger partial charge in [0.15, 0.2) is 0 Å². The molecule has 0 N–H and O–H groups in total. The van der Waals surface area contributed by atoms with Crippen LogP contribution >= 0.6 is 0 Å². The van der Waals surface area contributed by atoms with Crippen molar-refractivity contribution in [2.45, 2.75) is 6.54 Å². The third kappa shape index (κ3) is 5.27. The van der Waals surface area contributed by atoms with Crippen LogP contribution in [-0.2, 0) is 6.54 Å². The summed E-state index contributed by atoms with van der Waals surface area (Å²) in [5.41, 5.74) is -0.758. The zero-order chi connectivity index (χ0) is 13.0. The molecule has 0 fully saturated rings. The molecule has 0 aromatic carbocycles. The van der Waals surface area contributed by atoms with E-state index in [0.717, 1.165) is 12.3 Å². The minimum absolute atomic E-state index is 0. The SMILES string of the molecule is F[B-](F)(F)c1cncc(OCCn2cccn2)c1.[K+]. The Morgan fingerprint density at radius 3 is 2.68 bits per heavy atom. The van der Waals surface area contributed by atoms with Gasteiger partial charge in [0.05, 0.1) is 12.7 Å². The molecule has 0 saturated heterocycles. The van der Waals surface area contributed by atoms with Crippen LogP contribution in [0, 0.1) is 0 Å². The second-order valence-electron chi connectivity index (χ2n) is 3.65. The van der Waals surface area contributed by atoms with E-state index < -0.39 is 12.4 Å². The number of ether oxygens (including phenoxy) is 1. The maximum Gasteiger partial charge on any atom is 1.00 e. The average Bonchev–Trinajstić information content (AvgIpc) is 2.81. The maximum absolute atomic E-state index is 12.5. The van der Waals surface area contributed by atoms with Gasteiger partial charge in [0.25, 0.3) is 0 Å². The Balaban J connectivity index is 0.00000180. The van der Waals surface area contributed by atoms with Crippen molar-refractivity contribution in [3.05, 3.63) is 36.9 Å². The molecule has 0 aliphatic rings. The van der Waals surface area contributed by atoms with Crippen molar-refractivity contribution in [2.24, 2.45) is 0 Å². The zero-order valence-corrected chi connectivity index (χ0v) is 13.5. The molecule has 0 unspecified atom stereocenters. The molecule has 0 radical (unpaired) electrons. The molecule has 19 heavy (non-hydrogen) atoms. The Morgan fingerprint density at radius 1 is 1.26 bits per heavy atom. The largest absolute Gasteiger partial charge is 1.00 e. The number of hydrogen-bond donors (Lipinski definition) is 0. The molecule has 96 valence electrons. The fourth-order valence-corrected chi connectivity index (χ4v) is 1.38. The summed E-state index contributed by atoms with van der Waals surface area (Å²) in [5, 5.41) is 3.95. The van der Waals surface area contributed by atoms with E-state index in [2.05, 4.69) is 10.1 Å². The monoisotopic (exact) mass is 295 g/mol. The predicted octanol–water partition coefficient (Wildman–Crippen LogP) is -1.58. The van der Waals surface area contributed by atoms with E-state index >= 15 is 0 Å². The summed E-state index contributed by atoms with van der Waals surface area (Å²) in [4.78, 5) is 3.51. The number of rotatable bonds is 5. The fourth-order valence-electron chi connectivity index (χ4n) is 1.38. The van der Waals surface area contributed by atoms with E-state index in [1.54, 1.807) is 23.1 Å². The molecule has 0 bridgehead atoms. The quantitative estimate of drug-likeness (QED) is 0.625. The Kier molecular flexibility index (Phi) is 6.54. The number of aromatic nitrogens is 3. The van der Waals surface area contributed by atoms with Crippen LogP contribution in [0.4, 0.5) is 12.9 Å². The van der Waals surface area contributed by atoms with Crippen LogP contribution in [0.3, 0.4) is 0 Å². The maximum atomic E-state index is 12.5. The van der Waals surface area contributed by atoms with Crippen LogP contribution in [0.15, 0.2) is 36.9 Å². The molecule has 0 saturated carbocycles. The van der Waals surface area contributed by atoms with E-state index in [1.165, 1.54) is 6.20 Å². The van der Waals surface area contributed by atoms with Gasteiger partial charge < -0.3 is 17.7 Å². The first-order chi connectivity index (χ1) is 8.55. The van der Waals surface area contributed by atoms with Crippen LogP contribution in [0.2, 0.25) is 0 Å². The van der Waals surface area contributed by atoms with Gasteiger partial charge in [-0.05, 0) is 12.1 Å². The van der Waals surface area contributed by atoms with Crippen molar-refractivity contribution in [2.75, 3.05) is 6.61 Å². The number of nitrogens with zero attached hydrogens (tertiary/aromatic N) is 3. The van der Waals surface area contributed by atoms with E-state index in [4.69, 9.17) is 4.74 Å². The minimum atomic E-state index is -5.04. The van der Waals surface area contributed by atoms with Crippen LogP contribution < -0.4 is 61.6 Å². The van der Waals surface area contributed by atoms with Gasteiger partial charge in [-0.25, -0.2) is 0 Å². The van der Waals surface area contributed by atoms with E-state index in [1.807, 2.05) is 0 Å². The molecule has 2 rings (SSSR count). The van der Waals surface area contributed by atoms with Gasteiger partial charge in [0.1, 0.15) is 12.4 Å². The zero-order valence-electron chi connectivity index (χ0n) is 10.3. The molecule has 2 aromatic heterocycles. The molecule has 0 aliphatic heterocycles. The van der Waals surface area contributed by atoms with Gasteiger partial charge in [0, 0.05) is 18.6 Å². The van der Waals surface area contributed by atoms with Crippen molar-refractivity contribution >= 4 is 12.4 Å². The topological polar surface area (TPSA) is 39.9 Å². The van der Waals surface area contributed by atoms with E-state index in [9.17, 15) is 12.9 Å². The fraction of sp³-hybridized carbons (Fsp3) is 0.200. The summed E-state index contributed by atoms with van der Waals surface area (Å²) >= 11 is 0. The summed E-state index contributed by atoms with van der Waals surface area (Å²) < 4.78 is 44.2. The van der Waals surface area contributed by atoms with Crippen LogP contribution in [0.5, 0.6) is 5.75 Å². The molecular formula is C10H10BF3KN3O. The number of halogens is 3. The Labute approximate surface area is 150 Å². The molecule has 0 amide bonds. The Hall–Kier alpha value is -0.349. The summed E-state index contributed by atoms with van der Waals surface area (Å²) in [5.74, 6) is 0.110. The number of pyridine rings is 1. The van der Waals surface area contributed by atoms with Gasteiger partial charge in [-0.1, -0.05) is 5.46 Å². The summed E-state index contributed by atoms with van der Waals surface area (Å²) in [6, 6.07) is 2.71. The standard InChI is InChI=1S/C10H10BF3N3O.K/c12-11(13,14)9-6-10(8-15-7-9)18-5-4-17-3-1-2-16-17;/h1-3,6-8H,4-5H2;/q-1;+1. The van der Waals surface area contributed by atoms with Gasteiger partial charge in [-0.2, -0.15) is 5.10 Å². The second kappa shape index (κ2) is 7.44. The molecule has 0 aliphatic carbocycles. The second-order valence-corrected chi connectivity index (χ2v) is 3.65. The summed E-state index contributed by atoms with van der Waals surface area (Å²) in [6.45, 7) is -4.34. The Bertz CT molecular complexity index is 507. The van der Waals surface area contributed by atoms with Crippen LogP contribution in [0.1, 0.15) is 0 Å². The molecule has 2 aromatic rings. The van der Waals surface area contributed by atoms with E-state index in [0.29, 0.717) is 6.54 Å². The van der Waals surface area contributed by atoms with Crippen molar-refractivity contribution in [3.8, 4) is 5.75 Å². The molecular weight excluding hydrogens is 285 g/mol. The van der Waals surface area contributed by atoms with Gasteiger partial charge in [-0.3, -0.25) is 9.67 Å². The minimum Gasteiger partial charge on any atom is -0.490 e. The van der Waals surface area contributed by atoms with Gasteiger partial charge in [0.2, 0.25) is 0 Å². The van der Waals surface area contributed by atoms with Gasteiger partial charge >= 0.3 is 58.4 Å². The van der Waals surface area contributed by atoms with E-state index in [-0.39, 0.29) is 63.7 Å². The molecule has 0 atom stereocenters.